The Morgan fingerprint density at radius 1 is 0.698 bits per heavy atom. The highest BCUT2D eigenvalue weighted by Gasteiger charge is 2.48. The molecule has 0 aromatic carbocycles. The van der Waals surface area contributed by atoms with E-state index in [9.17, 15) is 28.5 Å². The number of aliphatic hydroxyl groups excluding tert-OH is 3. The van der Waals surface area contributed by atoms with Crippen LogP contribution in [0, 0.1) is 0 Å². The Bertz CT molecular complexity index is 994. The van der Waals surface area contributed by atoms with Crippen LogP contribution in [0.3, 0.4) is 0 Å². The summed E-state index contributed by atoms with van der Waals surface area (Å²) in [7, 11) is -5.05. The topological polar surface area (TPSA) is 178 Å². The van der Waals surface area contributed by atoms with Gasteiger partial charge in [-0.1, -0.05) is 142 Å². The second-order valence-corrected chi connectivity index (χ2v) is 15.6. The first-order chi connectivity index (χ1) is 25.6. The first-order valence-electron chi connectivity index (χ1n) is 20.9. The number of hydrogen-bond acceptors (Lipinski definition) is 11. The number of allylic oxidation sites excluding steroid dienone is 2. The van der Waals surface area contributed by atoms with E-state index < -0.39 is 59.8 Å². The third kappa shape index (κ3) is 27.1. The Morgan fingerprint density at radius 3 is 1.70 bits per heavy atom. The fraction of sp³-hybridized carbons (Fsp3) is 0.925. The van der Waals surface area contributed by atoms with Crippen molar-refractivity contribution in [2.45, 2.75) is 211 Å². The van der Waals surface area contributed by atoms with Crippen LogP contribution >= 0.6 is 0 Å². The first kappa shape index (κ1) is 49.9. The summed E-state index contributed by atoms with van der Waals surface area (Å²) in [6, 6.07) is 0. The molecule has 1 heterocycles. The van der Waals surface area contributed by atoms with Crippen molar-refractivity contribution in [3.63, 3.8) is 0 Å². The first-order valence-corrected chi connectivity index (χ1v) is 22.3. The van der Waals surface area contributed by atoms with Crippen LogP contribution in [0.25, 0.3) is 0 Å². The van der Waals surface area contributed by atoms with Gasteiger partial charge >= 0.3 is 16.4 Å². The molecule has 6 atom stereocenters. The molecule has 1 saturated heterocycles. The van der Waals surface area contributed by atoms with Gasteiger partial charge in [-0.3, -0.25) is 9.35 Å². The number of esters is 1. The molecular formula is C40H76O12S. The minimum atomic E-state index is -5.05. The van der Waals surface area contributed by atoms with Crippen molar-refractivity contribution in [1.29, 1.82) is 0 Å². The van der Waals surface area contributed by atoms with Crippen molar-refractivity contribution < 1.29 is 56.2 Å². The van der Waals surface area contributed by atoms with Crippen LogP contribution in [0.5, 0.6) is 0 Å². The summed E-state index contributed by atoms with van der Waals surface area (Å²) in [5, 5.41) is 30.5. The molecule has 314 valence electrons. The number of rotatable bonds is 36. The summed E-state index contributed by atoms with van der Waals surface area (Å²) < 4.78 is 58.8. The van der Waals surface area contributed by atoms with Gasteiger partial charge in [-0.2, -0.15) is 8.42 Å². The molecule has 1 aliphatic heterocycles. The highest BCUT2D eigenvalue weighted by molar-refractivity contribution is 7.80. The van der Waals surface area contributed by atoms with E-state index in [0.717, 1.165) is 57.8 Å². The van der Waals surface area contributed by atoms with Gasteiger partial charge in [0.25, 0.3) is 0 Å². The number of carbonyl (C=O) groups excluding carboxylic acids is 1. The van der Waals surface area contributed by atoms with Crippen molar-refractivity contribution in [2.75, 3.05) is 26.4 Å². The van der Waals surface area contributed by atoms with E-state index in [1.807, 2.05) is 0 Å². The zero-order valence-corrected chi connectivity index (χ0v) is 33.9. The van der Waals surface area contributed by atoms with Crippen LogP contribution in [0.4, 0.5) is 0 Å². The molecule has 4 N–H and O–H groups in total. The molecule has 0 aromatic rings. The van der Waals surface area contributed by atoms with Gasteiger partial charge in [0.05, 0.1) is 19.8 Å². The largest absolute Gasteiger partial charge is 0.457 e. The van der Waals surface area contributed by atoms with Gasteiger partial charge < -0.3 is 34.3 Å². The fourth-order valence-corrected chi connectivity index (χ4v) is 6.94. The number of unbranched alkanes of at least 4 members (excludes halogenated alkanes) is 21. The van der Waals surface area contributed by atoms with Crippen LogP contribution < -0.4 is 0 Å². The zero-order chi connectivity index (χ0) is 39.0. The van der Waals surface area contributed by atoms with Gasteiger partial charge in [-0.15, -0.1) is 0 Å². The van der Waals surface area contributed by atoms with Crippen molar-refractivity contribution >= 4 is 16.4 Å². The van der Waals surface area contributed by atoms with E-state index in [0.29, 0.717) is 13.0 Å². The minimum absolute atomic E-state index is 0.0372. The number of carbonyl (C=O) groups is 1. The molecule has 0 bridgehead atoms. The molecule has 1 rings (SSSR count). The SMILES string of the molecule is CCCCCCCCC/C=C\CCCCCCCC(=O)OC(COCCCCCCCCCCCC)COC1OC(CO)C(O)C(OS(=O)(=O)O)C1O. The predicted molar refractivity (Wildman–Crippen MR) is 207 cm³/mol. The second-order valence-electron chi connectivity index (χ2n) is 14.6. The molecule has 0 saturated carbocycles. The molecule has 0 spiro atoms. The Morgan fingerprint density at radius 2 is 1.19 bits per heavy atom. The summed E-state index contributed by atoms with van der Waals surface area (Å²) in [4.78, 5) is 12.8. The zero-order valence-electron chi connectivity index (χ0n) is 33.1. The number of hydrogen-bond donors (Lipinski definition) is 4. The molecule has 1 fully saturated rings. The quantitative estimate of drug-likeness (QED) is 0.0209. The molecule has 0 aromatic heterocycles. The van der Waals surface area contributed by atoms with E-state index in [2.05, 4.69) is 30.2 Å². The smallest absolute Gasteiger partial charge is 0.397 e. The van der Waals surface area contributed by atoms with Crippen molar-refractivity contribution in [1.82, 2.24) is 0 Å². The molecule has 12 nitrogen and oxygen atoms in total. The van der Waals surface area contributed by atoms with Crippen molar-refractivity contribution in [3.8, 4) is 0 Å². The van der Waals surface area contributed by atoms with E-state index in [1.54, 1.807) is 0 Å². The molecule has 0 amide bonds. The Kier molecular flexibility index (Phi) is 31.1. The summed E-state index contributed by atoms with van der Waals surface area (Å²) in [6.45, 7) is 3.97. The van der Waals surface area contributed by atoms with Crippen LogP contribution in [-0.2, 0) is 38.3 Å². The normalized spacial score (nSPS) is 21.4. The maximum absolute atomic E-state index is 12.8. The Balaban J connectivity index is 2.46. The molecule has 0 radical (unpaired) electrons. The monoisotopic (exact) mass is 781 g/mol. The van der Waals surface area contributed by atoms with Crippen LogP contribution in [-0.4, -0.2) is 97.5 Å². The highest BCUT2D eigenvalue weighted by atomic mass is 32.3. The summed E-state index contributed by atoms with van der Waals surface area (Å²) >= 11 is 0. The third-order valence-electron chi connectivity index (χ3n) is 9.64. The molecule has 53 heavy (non-hydrogen) atoms. The second kappa shape index (κ2) is 33.0. The Hall–Kier alpha value is -1.16. The van der Waals surface area contributed by atoms with Gasteiger partial charge in [0.2, 0.25) is 0 Å². The highest BCUT2D eigenvalue weighted by Crippen LogP contribution is 2.26. The van der Waals surface area contributed by atoms with Crippen LogP contribution in [0.15, 0.2) is 12.2 Å². The summed E-state index contributed by atoms with van der Waals surface area (Å²) in [5.41, 5.74) is 0. The van der Waals surface area contributed by atoms with E-state index in [-0.39, 0.29) is 19.6 Å². The average molecular weight is 781 g/mol. The minimum Gasteiger partial charge on any atom is -0.457 e. The molecular weight excluding hydrogens is 704 g/mol. The van der Waals surface area contributed by atoms with Gasteiger partial charge in [-0.25, -0.2) is 4.18 Å². The predicted octanol–water partition coefficient (Wildman–Crippen LogP) is 7.91. The number of ether oxygens (including phenoxy) is 4. The Labute approximate surface area is 321 Å². The van der Waals surface area contributed by atoms with E-state index >= 15 is 0 Å². The maximum atomic E-state index is 12.8. The number of aliphatic hydroxyl groups is 3. The lowest BCUT2D eigenvalue weighted by molar-refractivity contribution is -0.301. The maximum Gasteiger partial charge on any atom is 0.397 e. The summed E-state index contributed by atoms with van der Waals surface area (Å²) in [5.74, 6) is -0.407. The average Bonchev–Trinajstić information content (AvgIpc) is 3.12. The van der Waals surface area contributed by atoms with Gasteiger partial charge in [-0.05, 0) is 38.5 Å². The molecule has 0 aliphatic carbocycles. The molecule has 1 aliphatic rings. The van der Waals surface area contributed by atoms with Gasteiger partial charge in [0.1, 0.15) is 30.5 Å². The lowest BCUT2D eigenvalue weighted by atomic mass is 9.99. The molecule has 13 heteroatoms. The fourth-order valence-electron chi connectivity index (χ4n) is 6.43. The van der Waals surface area contributed by atoms with Crippen LogP contribution in [0.2, 0.25) is 0 Å². The van der Waals surface area contributed by atoms with Crippen molar-refractivity contribution in [2.24, 2.45) is 0 Å². The van der Waals surface area contributed by atoms with E-state index in [4.69, 9.17) is 23.5 Å². The summed E-state index contributed by atoms with van der Waals surface area (Å²) in [6.07, 6.45) is 23.9. The van der Waals surface area contributed by atoms with Gasteiger partial charge in [0.15, 0.2) is 6.29 Å². The lowest BCUT2D eigenvalue weighted by Crippen LogP contribution is -2.60. The van der Waals surface area contributed by atoms with E-state index in [1.165, 1.54) is 89.9 Å². The van der Waals surface area contributed by atoms with Crippen molar-refractivity contribution in [3.05, 3.63) is 12.2 Å². The lowest BCUT2D eigenvalue weighted by Gasteiger charge is -2.41. The van der Waals surface area contributed by atoms with Crippen LogP contribution in [0.1, 0.15) is 174 Å². The molecule has 6 unspecified atom stereocenters. The van der Waals surface area contributed by atoms with Gasteiger partial charge in [0, 0.05) is 13.0 Å². The third-order valence-corrected chi connectivity index (χ3v) is 10.1. The standard InChI is InChI=1S/C40H76O12S/c1-3-5-7-9-11-13-15-16-17-18-19-20-21-23-25-27-29-36(42)50-34(32-48-30-28-26-24-22-14-12-10-8-6-4-2)33-49-40-38(44)39(52-53(45,46)47)37(43)35(31-41)51-40/h17-18,34-35,37-41,43-44H,3-16,19-33H2,1-2H3,(H,45,46,47)/b18-17-.